The number of hydrogen-bond acceptors (Lipinski definition) is 1. The second kappa shape index (κ2) is 5.47. The van der Waals surface area contributed by atoms with Crippen molar-refractivity contribution in [3.05, 3.63) is 35.8 Å². The molecule has 0 radical (unpaired) electrons. The molecule has 0 N–H and O–H groups in total. The average molecular weight is 196 g/mol. The zero-order valence-corrected chi connectivity index (χ0v) is 7.94. The van der Waals surface area contributed by atoms with Gasteiger partial charge in [-0.05, 0) is 25.9 Å². The van der Waals surface area contributed by atoms with Gasteiger partial charge in [0, 0.05) is 10.2 Å². The molecular weight excluding hydrogens is 170 g/mol. The number of rotatable bonds is 4. The highest BCUT2D eigenvalue weighted by molar-refractivity contribution is 5.15. The third-order valence-electron chi connectivity index (χ3n) is 1.81. The van der Waals surface area contributed by atoms with E-state index in [1.807, 2.05) is 6.40 Å². The van der Waals surface area contributed by atoms with Gasteiger partial charge in [-0.25, -0.2) is 0 Å². The number of hydrogen-bond donors (Lipinski definition) is 0. The molecule has 0 aliphatic carbocycles. The molecule has 0 bridgehead atoms. The van der Waals surface area contributed by atoms with Crippen molar-refractivity contribution >= 4 is 0 Å². The van der Waals surface area contributed by atoms with Gasteiger partial charge in [0.2, 0.25) is 0 Å². The predicted molar refractivity (Wildman–Crippen MR) is 61.1 cm³/mol. The summed E-state index contributed by atoms with van der Waals surface area (Å²) in [6.07, 6.45) is 1.70. The van der Waals surface area contributed by atoms with Crippen LogP contribution in [-0.2, 0) is 6.42 Å². The van der Waals surface area contributed by atoms with Crippen LogP contribution in [0.3, 0.4) is 0 Å². The van der Waals surface area contributed by atoms with E-state index in [9.17, 15) is 0 Å². The first-order valence-electron chi connectivity index (χ1n) is 8.68. The molecule has 1 aromatic carbocycles. The van der Waals surface area contributed by atoms with Crippen molar-refractivity contribution in [1.82, 2.24) is 4.90 Å². The van der Waals surface area contributed by atoms with Crippen LogP contribution in [0.5, 0.6) is 0 Å². The minimum absolute atomic E-state index is 0.0330. The van der Waals surface area contributed by atoms with E-state index >= 15 is 0 Å². The lowest BCUT2D eigenvalue weighted by Gasteiger charge is -2.22. The van der Waals surface area contributed by atoms with E-state index in [0.29, 0.717) is 0 Å². The standard InChI is InChI=1S/C13H17N/c1-4-10-14(3)12(2)11-13-8-6-5-7-9-13/h1,5-9,12H,10-11H2,2-3H3/t12-/m1/s1/i1D,2D3,5D,6D,7D,8D,9D. The lowest BCUT2D eigenvalue weighted by molar-refractivity contribution is 0.287. The predicted octanol–water partition coefficient (Wildman–Crippen LogP) is 2.18. The number of terminal acetylenes is 1. The van der Waals surface area contributed by atoms with E-state index in [1.54, 1.807) is 0 Å². The minimum atomic E-state index is -2.43. The first-order valence-corrected chi connectivity index (χ1v) is 4.18. The van der Waals surface area contributed by atoms with Crippen LogP contribution in [0, 0.1) is 12.3 Å². The number of nitrogens with zero attached hydrogens (tertiary/aromatic N) is 1. The van der Waals surface area contributed by atoms with Crippen LogP contribution in [0.15, 0.2) is 30.2 Å². The maximum atomic E-state index is 7.88. The molecule has 74 valence electrons. The molecule has 1 aromatic rings. The maximum Gasteiger partial charge on any atom is 0.124 e. The molecule has 0 aliphatic rings. The molecule has 0 fully saturated rings. The zero-order chi connectivity index (χ0) is 17.9. The van der Waals surface area contributed by atoms with E-state index in [0.717, 1.165) is 0 Å². The Morgan fingerprint density at radius 3 is 3.07 bits per heavy atom. The van der Waals surface area contributed by atoms with Gasteiger partial charge in [-0.3, -0.25) is 4.90 Å². The van der Waals surface area contributed by atoms with Gasteiger partial charge in [0.15, 0.2) is 0 Å². The minimum Gasteiger partial charge on any atom is -0.292 e. The van der Waals surface area contributed by atoms with Gasteiger partial charge in [0.1, 0.15) is 1.37 Å². The molecule has 0 heterocycles. The molecule has 0 unspecified atom stereocenters. The molecule has 1 rings (SSSR count). The highest BCUT2D eigenvalue weighted by Gasteiger charge is 2.07. The Morgan fingerprint density at radius 2 is 2.43 bits per heavy atom. The molecule has 1 atom stereocenters. The van der Waals surface area contributed by atoms with Crippen molar-refractivity contribution < 1.29 is 12.3 Å². The van der Waals surface area contributed by atoms with E-state index in [1.165, 1.54) is 11.9 Å². The summed E-state index contributed by atoms with van der Waals surface area (Å²) in [4.78, 5) is 1.40. The van der Waals surface area contributed by atoms with Crippen LogP contribution in [0.25, 0.3) is 0 Å². The van der Waals surface area contributed by atoms with Crippen molar-refractivity contribution in [2.45, 2.75) is 19.3 Å². The summed E-state index contributed by atoms with van der Waals surface area (Å²) in [6.45, 7) is -2.40. The summed E-state index contributed by atoms with van der Waals surface area (Å²) in [5.74, 6) is 2.44. The maximum absolute atomic E-state index is 7.88. The molecule has 0 aromatic heterocycles. The van der Waals surface area contributed by atoms with Gasteiger partial charge in [-0.15, -0.1) is 6.40 Å². The molecule has 0 saturated heterocycles. The van der Waals surface area contributed by atoms with Gasteiger partial charge < -0.3 is 0 Å². The highest BCUT2D eigenvalue weighted by atomic mass is 15.1. The Labute approximate surface area is 99.4 Å². The molecule has 0 saturated carbocycles. The van der Waals surface area contributed by atoms with Crippen LogP contribution in [0.4, 0.5) is 0 Å². The Balaban J connectivity index is 3.31. The molecule has 0 aliphatic heterocycles. The van der Waals surface area contributed by atoms with Crippen LogP contribution >= 0.6 is 0 Å². The molecule has 1 nitrogen and oxygen atoms in total. The fraction of sp³-hybridized carbons (Fsp3) is 0.385. The van der Waals surface area contributed by atoms with Crippen molar-refractivity contribution in [3.63, 3.8) is 0 Å². The quantitative estimate of drug-likeness (QED) is 0.667. The van der Waals surface area contributed by atoms with Crippen molar-refractivity contribution in [2.24, 2.45) is 0 Å². The summed E-state index contributed by atoms with van der Waals surface area (Å²) >= 11 is 0. The SMILES string of the molecule is [2H]C#CCN(C)[C@@H](Cc1c([2H])c([2H])c([2H])c([2H])c1[2H])C([2H])([2H])[2H]. The Bertz CT molecular complexity index is 613. The second-order valence-corrected chi connectivity index (χ2v) is 2.92. The fourth-order valence-electron chi connectivity index (χ4n) is 0.962. The fourth-order valence-corrected chi connectivity index (χ4v) is 0.962. The summed E-state index contributed by atoms with van der Waals surface area (Å²) in [5.41, 5.74) is -0.0391. The molecule has 1 heteroatoms. The van der Waals surface area contributed by atoms with E-state index in [-0.39, 0.29) is 18.5 Å². The van der Waals surface area contributed by atoms with Gasteiger partial charge in [-0.1, -0.05) is 36.1 Å². The average Bonchev–Trinajstić information content (AvgIpc) is 2.47. The topological polar surface area (TPSA) is 3.24 Å². The Hall–Kier alpha value is -1.26. The number of benzene rings is 1. The third-order valence-corrected chi connectivity index (χ3v) is 1.81. The van der Waals surface area contributed by atoms with E-state index in [2.05, 4.69) is 5.92 Å². The molecule has 14 heavy (non-hydrogen) atoms. The summed E-state index contributed by atoms with van der Waals surface area (Å²) in [7, 11) is 1.51. The summed E-state index contributed by atoms with van der Waals surface area (Å²) in [6, 6.07) is -3.36. The lowest BCUT2D eigenvalue weighted by Crippen LogP contribution is -2.31. The first kappa shape index (κ1) is 3.72. The largest absolute Gasteiger partial charge is 0.292 e. The normalized spacial score (nSPS) is 22.0. The zero-order valence-electron chi connectivity index (χ0n) is 16.9. The van der Waals surface area contributed by atoms with Crippen LogP contribution in [0.1, 0.15) is 24.8 Å². The molecule has 0 amide bonds. The smallest absolute Gasteiger partial charge is 0.124 e. The second-order valence-electron chi connectivity index (χ2n) is 2.92. The van der Waals surface area contributed by atoms with Crippen LogP contribution in [0.2, 0.25) is 0 Å². The Kier molecular flexibility index (Phi) is 1.45. The van der Waals surface area contributed by atoms with Gasteiger partial charge in [0.05, 0.1) is 13.4 Å². The van der Waals surface area contributed by atoms with Crippen LogP contribution < -0.4 is 0 Å². The number of likely N-dealkylation sites (N-methyl/N-ethyl adjacent to an activating group) is 1. The van der Waals surface area contributed by atoms with Crippen LogP contribution in [-0.4, -0.2) is 24.5 Å². The lowest BCUT2D eigenvalue weighted by atomic mass is 10.1. The van der Waals surface area contributed by atoms with E-state index < -0.39 is 43.1 Å². The molecular formula is C13H17N. The summed E-state index contributed by atoms with van der Waals surface area (Å²) < 4.78 is 68.3. The highest BCUT2D eigenvalue weighted by Crippen LogP contribution is 2.06. The van der Waals surface area contributed by atoms with E-state index in [4.69, 9.17) is 12.3 Å². The summed E-state index contributed by atoms with van der Waals surface area (Å²) in [5, 5.41) is 0. The van der Waals surface area contributed by atoms with Gasteiger partial charge in [-0.2, -0.15) is 0 Å². The first-order chi connectivity index (χ1) is 10.5. The van der Waals surface area contributed by atoms with Crippen molar-refractivity contribution in [1.29, 1.82) is 0 Å². The van der Waals surface area contributed by atoms with Gasteiger partial charge in [0.25, 0.3) is 0 Å². The van der Waals surface area contributed by atoms with Crippen molar-refractivity contribution in [3.8, 4) is 12.3 Å². The van der Waals surface area contributed by atoms with Gasteiger partial charge >= 0.3 is 0 Å². The van der Waals surface area contributed by atoms with Crippen molar-refractivity contribution in [2.75, 3.05) is 13.6 Å². The monoisotopic (exact) mass is 196 g/mol. The third kappa shape index (κ3) is 3.24. The Morgan fingerprint density at radius 1 is 1.64 bits per heavy atom. The molecule has 0 spiro atoms.